The van der Waals surface area contributed by atoms with Gasteiger partial charge in [-0.25, -0.2) is 0 Å². The predicted octanol–water partition coefficient (Wildman–Crippen LogP) is 2.28. The van der Waals surface area contributed by atoms with Gasteiger partial charge in [0.2, 0.25) is 0 Å². The van der Waals surface area contributed by atoms with Gasteiger partial charge in [0, 0.05) is 5.02 Å². The summed E-state index contributed by atoms with van der Waals surface area (Å²) < 4.78 is 9.74. The highest BCUT2D eigenvalue weighted by atomic mass is 35.5. The van der Waals surface area contributed by atoms with Crippen molar-refractivity contribution in [1.29, 1.82) is 0 Å². The lowest BCUT2D eigenvalue weighted by atomic mass is 10.3. The van der Waals surface area contributed by atoms with E-state index in [1.165, 1.54) is 7.11 Å². The molecule has 3 nitrogen and oxygen atoms in total. The standard InChI is InChI=1S/C10H11ClO3/c1-13-10(12)5-6-14-9-4-2-3-8(11)7-9/h2-4,7H,5-6H2,1H3. The molecule has 0 heterocycles. The van der Waals surface area contributed by atoms with Crippen LogP contribution in [0.4, 0.5) is 0 Å². The Morgan fingerprint density at radius 2 is 2.29 bits per heavy atom. The van der Waals surface area contributed by atoms with Gasteiger partial charge in [0.15, 0.2) is 0 Å². The molecule has 0 aliphatic carbocycles. The quantitative estimate of drug-likeness (QED) is 0.722. The molecular formula is C10H11ClO3. The first-order valence-corrected chi connectivity index (χ1v) is 4.55. The first-order chi connectivity index (χ1) is 6.72. The Hall–Kier alpha value is -1.22. The van der Waals surface area contributed by atoms with Crippen molar-refractivity contribution in [3.05, 3.63) is 29.3 Å². The Labute approximate surface area is 87.6 Å². The minimum absolute atomic E-state index is 0.239. The van der Waals surface area contributed by atoms with E-state index in [-0.39, 0.29) is 12.4 Å². The van der Waals surface area contributed by atoms with Gasteiger partial charge in [-0.2, -0.15) is 0 Å². The van der Waals surface area contributed by atoms with Crippen molar-refractivity contribution >= 4 is 17.6 Å². The normalized spacial score (nSPS) is 9.57. The van der Waals surface area contributed by atoms with Crippen LogP contribution in [-0.2, 0) is 9.53 Å². The Balaban J connectivity index is 2.35. The fraction of sp³-hybridized carbons (Fsp3) is 0.300. The highest BCUT2D eigenvalue weighted by molar-refractivity contribution is 6.30. The molecule has 0 unspecified atom stereocenters. The van der Waals surface area contributed by atoms with Crippen LogP contribution in [0.5, 0.6) is 5.75 Å². The van der Waals surface area contributed by atoms with Crippen molar-refractivity contribution in [2.24, 2.45) is 0 Å². The van der Waals surface area contributed by atoms with Crippen molar-refractivity contribution in [2.75, 3.05) is 13.7 Å². The number of carbonyl (C=O) groups excluding carboxylic acids is 1. The minimum atomic E-state index is -0.285. The van der Waals surface area contributed by atoms with E-state index in [0.29, 0.717) is 17.4 Å². The van der Waals surface area contributed by atoms with Crippen molar-refractivity contribution in [3.63, 3.8) is 0 Å². The summed E-state index contributed by atoms with van der Waals surface area (Å²) in [7, 11) is 1.35. The lowest BCUT2D eigenvalue weighted by Gasteiger charge is -2.04. The van der Waals surface area contributed by atoms with Gasteiger partial charge < -0.3 is 9.47 Å². The predicted molar refractivity (Wildman–Crippen MR) is 53.6 cm³/mol. The SMILES string of the molecule is COC(=O)CCOc1cccc(Cl)c1. The van der Waals surface area contributed by atoms with E-state index < -0.39 is 0 Å². The van der Waals surface area contributed by atoms with Crippen LogP contribution in [-0.4, -0.2) is 19.7 Å². The fourth-order valence-electron chi connectivity index (χ4n) is 0.911. The van der Waals surface area contributed by atoms with Crippen LogP contribution < -0.4 is 4.74 Å². The second kappa shape index (κ2) is 5.50. The zero-order chi connectivity index (χ0) is 10.4. The molecule has 0 saturated heterocycles. The maximum absolute atomic E-state index is 10.7. The van der Waals surface area contributed by atoms with E-state index >= 15 is 0 Å². The number of ether oxygens (including phenoxy) is 2. The van der Waals surface area contributed by atoms with Gasteiger partial charge in [0.25, 0.3) is 0 Å². The van der Waals surface area contributed by atoms with Crippen LogP contribution in [0.1, 0.15) is 6.42 Å². The molecule has 0 spiro atoms. The molecule has 0 amide bonds. The molecule has 0 aliphatic heterocycles. The van der Waals surface area contributed by atoms with E-state index in [0.717, 1.165) is 0 Å². The number of rotatable bonds is 4. The first kappa shape index (κ1) is 10.9. The largest absolute Gasteiger partial charge is 0.493 e. The van der Waals surface area contributed by atoms with Crippen LogP contribution in [0, 0.1) is 0 Å². The number of hydrogen-bond donors (Lipinski definition) is 0. The van der Waals surface area contributed by atoms with Gasteiger partial charge in [-0.1, -0.05) is 17.7 Å². The van der Waals surface area contributed by atoms with E-state index in [2.05, 4.69) is 4.74 Å². The van der Waals surface area contributed by atoms with Crippen LogP contribution in [0.25, 0.3) is 0 Å². The zero-order valence-electron chi connectivity index (χ0n) is 7.83. The Kier molecular flexibility index (Phi) is 4.26. The molecule has 0 radical (unpaired) electrons. The highest BCUT2D eigenvalue weighted by Crippen LogP contribution is 2.17. The number of esters is 1. The first-order valence-electron chi connectivity index (χ1n) is 4.17. The zero-order valence-corrected chi connectivity index (χ0v) is 8.58. The second-order valence-corrected chi connectivity index (χ2v) is 3.07. The molecule has 0 aromatic heterocycles. The average molecular weight is 215 g/mol. The van der Waals surface area contributed by atoms with E-state index in [9.17, 15) is 4.79 Å². The van der Waals surface area contributed by atoms with Gasteiger partial charge in [0.1, 0.15) is 5.75 Å². The summed E-state index contributed by atoms with van der Waals surface area (Å²) in [6, 6.07) is 7.02. The second-order valence-electron chi connectivity index (χ2n) is 2.63. The minimum Gasteiger partial charge on any atom is -0.493 e. The third-order valence-electron chi connectivity index (χ3n) is 1.60. The van der Waals surface area contributed by atoms with Gasteiger partial charge in [-0.05, 0) is 18.2 Å². The van der Waals surface area contributed by atoms with Crippen molar-refractivity contribution in [1.82, 2.24) is 0 Å². The summed E-state index contributed by atoms with van der Waals surface area (Å²) in [6.45, 7) is 0.299. The summed E-state index contributed by atoms with van der Waals surface area (Å²) in [4.78, 5) is 10.7. The van der Waals surface area contributed by atoms with Crippen LogP contribution in [0.3, 0.4) is 0 Å². The molecule has 0 bridgehead atoms. The summed E-state index contributed by atoms with van der Waals surface area (Å²) in [5.41, 5.74) is 0. The molecular weight excluding hydrogens is 204 g/mol. The maximum atomic E-state index is 10.7. The third kappa shape index (κ3) is 3.66. The molecule has 0 fully saturated rings. The Morgan fingerprint density at radius 3 is 2.93 bits per heavy atom. The topological polar surface area (TPSA) is 35.5 Å². The smallest absolute Gasteiger partial charge is 0.308 e. The molecule has 4 heteroatoms. The lowest BCUT2D eigenvalue weighted by Crippen LogP contribution is -2.07. The number of methoxy groups -OCH3 is 1. The summed E-state index contributed by atoms with van der Waals surface area (Å²) in [5.74, 6) is 0.369. The van der Waals surface area contributed by atoms with Crippen molar-refractivity contribution in [3.8, 4) is 5.75 Å². The summed E-state index contributed by atoms with van der Waals surface area (Å²) in [5, 5.41) is 0.612. The summed E-state index contributed by atoms with van der Waals surface area (Å²) >= 11 is 5.74. The maximum Gasteiger partial charge on any atom is 0.308 e. The number of benzene rings is 1. The molecule has 1 aromatic carbocycles. The van der Waals surface area contributed by atoms with E-state index in [1.807, 2.05) is 0 Å². The Bertz CT molecular complexity index is 312. The third-order valence-corrected chi connectivity index (χ3v) is 1.83. The molecule has 0 saturated carbocycles. The van der Waals surface area contributed by atoms with Crippen LogP contribution in [0.15, 0.2) is 24.3 Å². The monoisotopic (exact) mass is 214 g/mol. The molecule has 0 N–H and O–H groups in total. The Morgan fingerprint density at radius 1 is 1.50 bits per heavy atom. The van der Waals surface area contributed by atoms with Crippen LogP contribution >= 0.6 is 11.6 Å². The van der Waals surface area contributed by atoms with Gasteiger partial charge in [0.05, 0.1) is 20.1 Å². The molecule has 76 valence electrons. The van der Waals surface area contributed by atoms with Crippen molar-refractivity contribution < 1.29 is 14.3 Å². The molecule has 1 rings (SSSR count). The lowest BCUT2D eigenvalue weighted by molar-refractivity contribution is -0.141. The molecule has 0 atom stereocenters. The van der Waals surface area contributed by atoms with Gasteiger partial charge in [-0.3, -0.25) is 4.79 Å². The fourth-order valence-corrected chi connectivity index (χ4v) is 1.09. The number of hydrogen-bond acceptors (Lipinski definition) is 3. The van der Waals surface area contributed by atoms with E-state index in [4.69, 9.17) is 16.3 Å². The average Bonchev–Trinajstić information content (AvgIpc) is 2.17. The van der Waals surface area contributed by atoms with Crippen LogP contribution in [0.2, 0.25) is 5.02 Å². The molecule has 0 aliphatic rings. The van der Waals surface area contributed by atoms with E-state index in [1.54, 1.807) is 24.3 Å². The number of carbonyl (C=O) groups is 1. The van der Waals surface area contributed by atoms with Gasteiger partial charge in [-0.15, -0.1) is 0 Å². The van der Waals surface area contributed by atoms with Gasteiger partial charge >= 0.3 is 5.97 Å². The highest BCUT2D eigenvalue weighted by Gasteiger charge is 2.00. The summed E-state index contributed by atoms with van der Waals surface area (Å²) in [6.07, 6.45) is 0.239. The number of halogens is 1. The molecule has 1 aromatic rings. The molecule has 14 heavy (non-hydrogen) atoms. The van der Waals surface area contributed by atoms with Crippen molar-refractivity contribution in [2.45, 2.75) is 6.42 Å².